The average molecular weight is 293 g/mol. The molecule has 0 bridgehead atoms. The van der Waals surface area contributed by atoms with E-state index < -0.39 is 0 Å². The van der Waals surface area contributed by atoms with E-state index in [1.807, 2.05) is 30.3 Å². The van der Waals surface area contributed by atoms with Crippen LogP contribution in [0.2, 0.25) is 0 Å². The van der Waals surface area contributed by atoms with Crippen LogP contribution in [0, 0.1) is 0 Å². The fourth-order valence-electron chi connectivity index (χ4n) is 2.53. The number of rotatable bonds is 5. The first-order valence-corrected chi connectivity index (χ1v) is 7.28. The first-order valence-electron chi connectivity index (χ1n) is 7.28. The van der Waals surface area contributed by atoms with Crippen LogP contribution in [0.15, 0.2) is 60.7 Å². The van der Waals surface area contributed by atoms with Gasteiger partial charge in [0.05, 0.1) is 7.11 Å². The maximum atomic E-state index is 5.98. The number of benzene rings is 3. The highest BCUT2D eigenvalue weighted by atomic mass is 16.5. The fraction of sp³-hybridized carbons (Fsp3) is 0.158. The SMILES string of the molecule is COc1ccc(CN)cc1OCc1cccc2ccccc12. The number of hydrogen-bond acceptors (Lipinski definition) is 3. The molecule has 0 fully saturated rings. The third kappa shape index (κ3) is 2.90. The van der Waals surface area contributed by atoms with Crippen LogP contribution in [0.4, 0.5) is 0 Å². The second-order valence-electron chi connectivity index (χ2n) is 5.12. The third-order valence-electron chi connectivity index (χ3n) is 3.73. The summed E-state index contributed by atoms with van der Waals surface area (Å²) < 4.78 is 11.3. The van der Waals surface area contributed by atoms with Gasteiger partial charge in [-0.1, -0.05) is 48.5 Å². The smallest absolute Gasteiger partial charge is 0.161 e. The summed E-state index contributed by atoms with van der Waals surface area (Å²) in [7, 11) is 1.64. The Morgan fingerprint density at radius 2 is 1.73 bits per heavy atom. The molecule has 0 amide bonds. The quantitative estimate of drug-likeness (QED) is 0.776. The number of fused-ring (bicyclic) bond motifs is 1. The van der Waals surface area contributed by atoms with E-state index in [4.69, 9.17) is 15.2 Å². The molecule has 0 atom stereocenters. The van der Waals surface area contributed by atoms with Crippen LogP contribution in [-0.4, -0.2) is 7.11 Å². The molecule has 3 heteroatoms. The summed E-state index contributed by atoms with van der Waals surface area (Å²) in [5, 5.41) is 2.42. The Kier molecular flexibility index (Phi) is 4.26. The Morgan fingerprint density at radius 1 is 0.909 bits per heavy atom. The average Bonchev–Trinajstić information content (AvgIpc) is 2.59. The summed E-state index contributed by atoms with van der Waals surface area (Å²) >= 11 is 0. The minimum Gasteiger partial charge on any atom is -0.493 e. The van der Waals surface area contributed by atoms with Gasteiger partial charge in [0.2, 0.25) is 0 Å². The van der Waals surface area contributed by atoms with E-state index in [0.29, 0.717) is 13.2 Å². The lowest BCUT2D eigenvalue weighted by molar-refractivity contribution is 0.285. The molecule has 0 aliphatic carbocycles. The van der Waals surface area contributed by atoms with E-state index in [1.165, 1.54) is 10.8 Å². The van der Waals surface area contributed by atoms with Crippen molar-refractivity contribution in [3.63, 3.8) is 0 Å². The second kappa shape index (κ2) is 6.50. The third-order valence-corrected chi connectivity index (χ3v) is 3.73. The van der Waals surface area contributed by atoms with E-state index in [-0.39, 0.29) is 0 Å². The molecule has 3 aromatic rings. The summed E-state index contributed by atoms with van der Waals surface area (Å²) in [6, 6.07) is 20.3. The molecule has 0 spiro atoms. The largest absolute Gasteiger partial charge is 0.493 e. The first kappa shape index (κ1) is 14.4. The Labute approximate surface area is 130 Å². The number of ether oxygens (including phenoxy) is 2. The van der Waals surface area contributed by atoms with Crippen LogP contribution < -0.4 is 15.2 Å². The van der Waals surface area contributed by atoms with E-state index in [1.54, 1.807) is 7.11 Å². The molecule has 112 valence electrons. The fourth-order valence-corrected chi connectivity index (χ4v) is 2.53. The zero-order chi connectivity index (χ0) is 15.4. The van der Waals surface area contributed by atoms with Gasteiger partial charge >= 0.3 is 0 Å². The van der Waals surface area contributed by atoms with Crippen LogP contribution in [0.5, 0.6) is 11.5 Å². The van der Waals surface area contributed by atoms with Gasteiger partial charge in [0, 0.05) is 6.54 Å². The molecule has 0 aliphatic heterocycles. The van der Waals surface area contributed by atoms with Crippen LogP contribution in [0.3, 0.4) is 0 Å². The number of methoxy groups -OCH3 is 1. The highest BCUT2D eigenvalue weighted by molar-refractivity contribution is 5.85. The zero-order valence-electron chi connectivity index (χ0n) is 12.6. The molecule has 0 unspecified atom stereocenters. The van der Waals surface area contributed by atoms with Gasteiger partial charge in [-0.25, -0.2) is 0 Å². The van der Waals surface area contributed by atoms with Gasteiger partial charge in [-0.05, 0) is 34.0 Å². The maximum absolute atomic E-state index is 5.98. The molecule has 0 aliphatic rings. The summed E-state index contributed by atoms with van der Waals surface area (Å²) in [5.41, 5.74) is 7.87. The molecular formula is C19H19NO2. The topological polar surface area (TPSA) is 44.5 Å². The molecule has 0 aromatic heterocycles. The molecule has 3 aromatic carbocycles. The van der Waals surface area contributed by atoms with Crippen molar-refractivity contribution in [3.05, 3.63) is 71.8 Å². The van der Waals surface area contributed by atoms with Crippen molar-refractivity contribution in [2.45, 2.75) is 13.2 Å². The molecular weight excluding hydrogens is 274 g/mol. The first-order chi connectivity index (χ1) is 10.8. The van der Waals surface area contributed by atoms with Gasteiger partial charge in [0.25, 0.3) is 0 Å². The van der Waals surface area contributed by atoms with Gasteiger partial charge in [-0.3, -0.25) is 0 Å². The van der Waals surface area contributed by atoms with Gasteiger partial charge in [-0.2, -0.15) is 0 Å². The lowest BCUT2D eigenvalue weighted by Gasteiger charge is -2.13. The zero-order valence-corrected chi connectivity index (χ0v) is 12.6. The number of hydrogen-bond donors (Lipinski definition) is 1. The second-order valence-corrected chi connectivity index (χ2v) is 5.12. The van der Waals surface area contributed by atoms with Crippen LogP contribution in [0.25, 0.3) is 10.8 Å². The van der Waals surface area contributed by atoms with Gasteiger partial charge in [-0.15, -0.1) is 0 Å². The molecule has 3 rings (SSSR count). The van der Waals surface area contributed by atoms with Crippen LogP contribution in [-0.2, 0) is 13.2 Å². The lowest BCUT2D eigenvalue weighted by atomic mass is 10.1. The maximum Gasteiger partial charge on any atom is 0.161 e. The molecule has 3 nitrogen and oxygen atoms in total. The molecule has 0 saturated carbocycles. The Hall–Kier alpha value is -2.52. The Balaban J connectivity index is 1.88. The molecule has 0 saturated heterocycles. The van der Waals surface area contributed by atoms with Gasteiger partial charge in [0.15, 0.2) is 11.5 Å². The lowest BCUT2D eigenvalue weighted by Crippen LogP contribution is -2.01. The van der Waals surface area contributed by atoms with Gasteiger partial charge < -0.3 is 15.2 Å². The Morgan fingerprint density at radius 3 is 2.55 bits per heavy atom. The van der Waals surface area contributed by atoms with Crippen molar-refractivity contribution in [1.29, 1.82) is 0 Å². The van der Waals surface area contributed by atoms with Crippen molar-refractivity contribution >= 4 is 10.8 Å². The monoisotopic (exact) mass is 293 g/mol. The molecule has 0 heterocycles. The highest BCUT2D eigenvalue weighted by Crippen LogP contribution is 2.29. The summed E-state index contributed by atoms with van der Waals surface area (Å²) in [4.78, 5) is 0. The van der Waals surface area contributed by atoms with E-state index in [2.05, 4.69) is 30.3 Å². The highest BCUT2D eigenvalue weighted by Gasteiger charge is 2.07. The van der Waals surface area contributed by atoms with Crippen LogP contribution in [0.1, 0.15) is 11.1 Å². The van der Waals surface area contributed by atoms with Crippen LogP contribution >= 0.6 is 0 Å². The van der Waals surface area contributed by atoms with E-state index in [9.17, 15) is 0 Å². The Bertz CT molecular complexity index is 778. The molecule has 22 heavy (non-hydrogen) atoms. The minimum absolute atomic E-state index is 0.481. The summed E-state index contributed by atoms with van der Waals surface area (Å²) in [5.74, 6) is 1.44. The van der Waals surface area contributed by atoms with E-state index in [0.717, 1.165) is 22.6 Å². The minimum atomic E-state index is 0.481. The standard InChI is InChI=1S/C19H19NO2/c1-21-18-10-9-14(12-20)11-19(18)22-13-16-7-4-6-15-5-2-3-8-17(15)16/h2-11H,12-13,20H2,1H3. The predicted octanol–water partition coefficient (Wildman–Crippen LogP) is 3.89. The number of nitrogens with two attached hydrogens (primary N) is 1. The van der Waals surface area contributed by atoms with Crippen molar-refractivity contribution in [2.75, 3.05) is 7.11 Å². The van der Waals surface area contributed by atoms with Crippen molar-refractivity contribution in [1.82, 2.24) is 0 Å². The van der Waals surface area contributed by atoms with Crippen molar-refractivity contribution < 1.29 is 9.47 Å². The van der Waals surface area contributed by atoms with E-state index >= 15 is 0 Å². The summed E-state index contributed by atoms with van der Waals surface area (Å²) in [6.45, 7) is 0.973. The molecule has 2 N–H and O–H groups in total. The van der Waals surface area contributed by atoms with Crippen molar-refractivity contribution in [2.24, 2.45) is 5.73 Å². The van der Waals surface area contributed by atoms with Gasteiger partial charge in [0.1, 0.15) is 6.61 Å². The molecule has 0 radical (unpaired) electrons. The normalized spacial score (nSPS) is 10.6. The summed E-state index contributed by atoms with van der Waals surface area (Å²) in [6.07, 6.45) is 0. The van der Waals surface area contributed by atoms with Crippen molar-refractivity contribution in [3.8, 4) is 11.5 Å². The predicted molar refractivity (Wildman–Crippen MR) is 89.2 cm³/mol.